The molecule has 1 aromatic heterocycles. The van der Waals surface area contributed by atoms with Gasteiger partial charge < -0.3 is 18.8 Å². The molecule has 250 valence electrons. The summed E-state index contributed by atoms with van der Waals surface area (Å²) in [4.78, 5) is 27.9. The number of hydrogen-bond donors (Lipinski definition) is 1. The van der Waals surface area contributed by atoms with Gasteiger partial charge in [0.05, 0.1) is 37.6 Å². The Bertz CT molecular complexity index is 1860. The van der Waals surface area contributed by atoms with Gasteiger partial charge in [0.2, 0.25) is 0 Å². The van der Waals surface area contributed by atoms with Crippen LogP contribution in [0.1, 0.15) is 34.2 Å². The molecule has 3 aromatic carbocycles. The van der Waals surface area contributed by atoms with Gasteiger partial charge in [-0.15, -0.1) is 0 Å². The Hall–Kier alpha value is -5.12. The average Bonchev–Trinajstić information content (AvgIpc) is 3.05. The number of carbonyl (C=O) groups is 1. The lowest BCUT2D eigenvalue weighted by molar-refractivity contribution is -0.137. The Kier molecular flexibility index (Phi) is 10.8. The van der Waals surface area contributed by atoms with E-state index in [9.17, 15) is 28.0 Å². The van der Waals surface area contributed by atoms with Crippen LogP contribution in [-0.4, -0.2) is 55.0 Å². The van der Waals surface area contributed by atoms with E-state index in [1.807, 2.05) is 32.0 Å². The molecule has 1 amide bonds. The molecule has 1 aliphatic rings. The zero-order chi connectivity index (χ0) is 34.3. The number of nitrogens with zero attached hydrogens (tertiary/aromatic N) is 3. The molecular formula is C36H35F3N4O5. The maximum absolute atomic E-state index is 14.0. The maximum Gasteiger partial charge on any atom is 0.417 e. The van der Waals surface area contributed by atoms with Crippen molar-refractivity contribution in [3.63, 3.8) is 0 Å². The lowest BCUT2D eigenvalue weighted by Gasteiger charge is -2.26. The highest BCUT2D eigenvalue weighted by Gasteiger charge is 2.36. The van der Waals surface area contributed by atoms with Crippen LogP contribution in [0.4, 0.5) is 23.7 Å². The van der Waals surface area contributed by atoms with Crippen LogP contribution in [0.25, 0.3) is 11.3 Å². The van der Waals surface area contributed by atoms with E-state index in [4.69, 9.17) is 14.2 Å². The Balaban J connectivity index is 1.31. The number of nitrogens with one attached hydrogen (secondary N) is 1. The molecule has 0 atom stereocenters. The number of anilines is 1. The van der Waals surface area contributed by atoms with Crippen LogP contribution >= 0.6 is 0 Å². The number of halogens is 3. The molecule has 1 fully saturated rings. The fourth-order valence-electron chi connectivity index (χ4n) is 5.47. The van der Waals surface area contributed by atoms with Crippen LogP contribution in [-0.2, 0) is 22.2 Å². The second kappa shape index (κ2) is 15.2. The zero-order valence-electron chi connectivity index (χ0n) is 26.6. The van der Waals surface area contributed by atoms with Gasteiger partial charge in [-0.1, -0.05) is 29.8 Å². The number of aromatic nitrogens is 1. The van der Waals surface area contributed by atoms with E-state index in [1.165, 1.54) is 10.6 Å². The minimum Gasteiger partial charge on any atom is -0.457 e. The van der Waals surface area contributed by atoms with Crippen molar-refractivity contribution in [1.29, 1.82) is 5.26 Å². The minimum absolute atomic E-state index is 0.00695. The number of nitriles is 1. The van der Waals surface area contributed by atoms with Crippen LogP contribution < -0.4 is 15.6 Å². The lowest BCUT2D eigenvalue weighted by Crippen LogP contribution is -2.37. The van der Waals surface area contributed by atoms with E-state index in [1.54, 1.807) is 48.5 Å². The number of morpholine rings is 1. The van der Waals surface area contributed by atoms with E-state index in [2.05, 4.69) is 10.2 Å². The van der Waals surface area contributed by atoms with Crippen LogP contribution in [0.3, 0.4) is 0 Å². The molecule has 4 aromatic rings. The fourth-order valence-corrected chi connectivity index (χ4v) is 5.47. The summed E-state index contributed by atoms with van der Waals surface area (Å²) in [6.07, 6.45) is -4.80. The molecule has 0 radical (unpaired) electrons. The number of hydrogen-bond acceptors (Lipinski definition) is 7. The normalized spacial score (nSPS) is 13.5. The number of pyridine rings is 1. The summed E-state index contributed by atoms with van der Waals surface area (Å²) >= 11 is 0. The van der Waals surface area contributed by atoms with Crippen molar-refractivity contribution in [2.24, 2.45) is 0 Å². The number of amides is 1. The van der Waals surface area contributed by atoms with Gasteiger partial charge in [0.25, 0.3) is 5.56 Å². The predicted octanol–water partition coefficient (Wildman–Crippen LogP) is 7.13. The number of rotatable bonds is 10. The third-order valence-electron chi connectivity index (χ3n) is 7.97. The molecule has 0 spiro atoms. The Morgan fingerprint density at radius 1 is 1.00 bits per heavy atom. The number of carbonyl (C=O) groups excluding carboxylic acids is 1. The highest BCUT2D eigenvalue weighted by atomic mass is 19.4. The first-order valence-corrected chi connectivity index (χ1v) is 15.5. The van der Waals surface area contributed by atoms with Gasteiger partial charge in [-0.3, -0.25) is 15.0 Å². The molecule has 48 heavy (non-hydrogen) atoms. The summed E-state index contributed by atoms with van der Waals surface area (Å²) in [5.74, 6) is 0.770. The first-order chi connectivity index (χ1) is 23.0. The van der Waals surface area contributed by atoms with E-state index in [-0.39, 0.29) is 18.8 Å². The molecule has 1 saturated heterocycles. The summed E-state index contributed by atoms with van der Waals surface area (Å²) in [5, 5.41) is 12.2. The SMILES string of the molecule is Cc1ccc(Cn2c(-c3ccc(Oc4cccc(NC(=O)OCCCN5CCOCC5)c4)cc3)cc(C(F)(F)F)c(C#N)c2=O)c(C)c1. The first kappa shape index (κ1) is 34.2. The van der Waals surface area contributed by atoms with Crippen LogP contribution in [0.15, 0.2) is 77.6 Å². The molecule has 12 heteroatoms. The van der Waals surface area contributed by atoms with Gasteiger partial charge in [-0.25, -0.2) is 4.79 Å². The molecule has 1 N–H and O–H groups in total. The quantitative estimate of drug-likeness (QED) is 0.180. The monoisotopic (exact) mass is 660 g/mol. The lowest BCUT2D eigenvalue weighted by atomic mass is 10.0. The molecular weight excluding hydrogens is 625 g/mol. The van der Waals surface area contributed by atoms with Gasteiger partial charge in [-0.05, 0) is 79.4 Å². The first-order valence-electron chi connectivity index (χ1n) is 15.5. The smallest absolute Gasteiger partial charge is 0.417 e. The summed E-state index contributed by atoms with van der Waals surface area (Å²) in [7, 11) is 0. The number of ether oxygens (including phenoxy) is 3. The molecule has 1 aliphatic heterocycles. The van der Waals surface area contributed by atoms with Crippen molar-refractivity contribution in [2.75, 3.05) is 44.8 Å². The molecule has 0 bridgehead atoms. The molecule has 0 aliphatic carbocycles. The molecule has 0 unspecified atom stereocenters. The summed E-state index contributed by atoms with van der Waals surface area (Å²) < 4.78 is 59.7. The Morgan fingerprint density at radius 2 is 1.75 bits per heavy atom. The van der Waals surface area contributed by atoms with Crippen molar-refractivity contribution in [3.8, 4) is 28.8 Å². The summed E-state index contributed by atoms with van der Waals surface area (Å²) in [6, 6.07) is 20.8. The Morgan fingerprint density at radius 3 is 2.44 bits per heavy atom. The number of benzene rings is 3. The third kappa shape index (κ3) is 8.61. The van der Waals surface area contributed by atoms with Crippen LogP contribution in [0, 0.1) is 25.2 Å². The highest BCUT2D eigenvalue weighted by molar-refractivity contribution is 5.84. The van der Waals surface area contributed by atoms with E-state index in [0.717, 1.165) is 42.4 Å². The van der Waals surface area contributed by atoms with E-state index in [0.29, 0.717) is 42.4 Å². The number of aryl methyl sites for hydroxylation is 2. The zero-order valence-corrected chi connectivity index (χ0v) is 26.6. The maximum atomic E-state index is 14.0. The molecule has 9 nitrogen and oxygen atoms in total. The third-order valence-corrected chi connectivity index (χ3v) is 7.97. The second-order valence-electron chi connectivity index (χ2n) is 11.5. The summed E-state index contributed by atoms with van der Waals surface area (Å²) in [6.45, 7) is 7.99. The minimum atomic E-state index is -4.91. The van der Waals surface area contributed by atoms with Gasteiger partial charge >= 0.3 is 12.3 Å². The topological polar surface area (TPSA) is 106 Å². The number of alkyl halides is 3. The van der Waals surface area contributed by atoms with Gasteiger partial charge in [0.15, 0.2) is 0 Å². The van der Waals surface area contributed by atoms with Crippen molar-refractivity contribution in [2.45, 2.75) is 33.0 Å². The van der Waals surface area contributed by atoms with Crippen LogP contribution in [0.2, 0.25) is 0 Å². The average molecular weight is 661 g/mol. The van der Waals surface area contributed by atoms with Crippen LogP contribution in [0.5, 0.6) is 11.5 Å². The van der Waals surface area contributed by atoms with Crippen molar-refractivity contribution in [1.82, 2.24) is 9.47 Å². The summed E-state index contributed by atoms with van der Waals surface area (Å²) in [5.41, 5.74) is 0.113. The largest absolute Gasteiger partial charge is 0.457 e. The van der Waals surface area contributed by atoms with E-state index < -0.39 is 29.0 Å². The van der Waals surface area contributed by atoms with E-state index >= 15 is 0 Å². The van der Waals surface area contributed by atoms with Gasteiger partial charge in [-0.2, -0.15) is 18.4 Å². The van der Waals surface area contributed by atoms with Crippen molar-refractivity contribution in [3.05, 3.63) is 111 Å². The van der Waals surface area contributed by atoms with Gasteiger partial charge in [0, 0.05) is 31.4 Å². The Labute approximate surface area is 276 Å². The predicted molar refractivity (Wildman–Crippen MR) is 174 cm³/mol. The second-order valence-corrected chi connectivity index (χ2v) is 11.5. The van der Waals surface area contributed by atoms with Crippen molar-refractivity contribution >= 4 is 11.8 Å². The molecule has 2 heterocycles. The standard InChI is InChI=1S/C36H35F3N4O5/c1-24-7-8-27(25(2)19-24)23-43-33(21-32(36(37,38)39)31(22-40)34(43)44)26-9-11-29(12-10-26)48-30-6-3-5-28(20-30)41-35(45)47-16-4-13-42-14-17-46-18-15-42/h3,5-12,19-21H,4,13-18,23H2,1-2H3,(H,41,45). The van der Waals surface area contributed by atoms with Crippen molar-refractivity contribution < 1.29 is 32.2 Å². The highest BCUT2D eigenvalue weighted by Crippen LogP contribution is 2.35. The fraction of sp³-hybridized carbons (Fsp3) is 0.306. The van der Waals surface area contributed by atoms with Gasteiger partial charge in [0.1, 0.15) is 23.1 Å². The molecule has 0 saturated carbocycles. The molecule has 5 rings (SSSR count).